The van der Waals surface area contributed by atoms with Gasteiger partial charge >= 0.3 is 0 Å². The molecule has 116 valence electrons. The van der Waals surface area contributed by atoms with Gasteiger partial charge in [0.15, 0.2) is 0 Å². The fraction of sp³-hybridized carbons (Fsp3) is 0.643. The monoisotopic (exact) mass is 294 g/mol. The van der Waals surface area contributed by atoms with E-state index in [0.717, 1.165) is 26.3 Å². The van der Waals surface area contributed by atoms with Crippen molar-refractivity contribution in [3.63, 3.8) is 0 Å². The summed E-state index contributed by atoms with van der Waals surface area (Å²) in [4.78, 5) is 16.9. The van der Waals surface area contributed by atoms with Crippen molar-refractivity contribution in [2.24, 2.45) is 0 Å². The zero-order valence-corrected chi connectivity index (χ0v) is 12.7. The topological polar surface area (TPSA) is 80.5 Å². The molecular formula is C14H22N4O3. The summed E-state index contributed by atoms with van der Waals surface area (Å²) in [6, 6.07) is 2.25. The van der Waals surface area contributed by atoms with Gasteiger partial charge in [-0.05, 0) is 26.8 Å². The Morgan fingerprint density at radius 3 is 2.67 bits per heavy atom. The van der Waals surface area contributed by atoms with E-state index in [1.54, 1.807) is 13.0 Å². The van der Waals surface area contributed by atoms with E-state index in [2.05, 4.69) is 29.0 Å². The standard InChI is InChI=1S/C14H22N4O3/c1-10-8-14(15-9-13(10)18(19)20)16-11(2)12(3)17-4-6-21-7-5-17/h8-9,11-12H,4-7H2,1-3H3,(H,15,16). The largest absolute Gasteiger partial charge is 0.379 e. The van der Waals surface area contributed by atoms with Crippen molar-refractivity contribution in [2.45, 2.75) is 32.9 Å². The van der Waals surface area contributed by atoms with Crippen LogP contribution in [0.4, 0.5) is 11.5 Å². The first-order chi connectivity index (χ1) is 9.99. The Balaban J connectivity index is 2.00. The van der Waals surface area contributed by atoms with Crippen LogP contribution in [0.3, 0.4) is 0 Å². The molecule has 0 spiro atoms. The van der Waals surface area contributed by atoms with E-state index >= 15 is 0 Å². The summed E-state index contributed by atoms with van der Waals surface area (Å²) in [5.41, 5.74) is 0.665. The van der Waals surface area contributed by atoms with Gasteiger partial charge in [-0.1, -0.05) is 0 Å². The molecule has 0 bridgehead atoms. The van der Waals surface area contributed by atoms with Crippen molar-refractivity contribution in [2.75, 3.05) is 31.6 Å². The normalized spacial score (nSPS) is 19.0. The van der Waals surface area contributed by atoms with Crippen molar-refractivity contribution < 1.29 is 9.66 Å². The van der Waals surface area contributed by atoms with E-state index in [1.807, 2.05) is 0 Å². The third-order valence-electron chi connectivity index (χ3n) is 4.00. The van der Waals surface area contributed by atoms with E-state index in [-0.39, 0.29) is 11.7 Å². The molecular weight excluding hydrogens is 272 g/mol. The Labute approximate surface area is 124 Å². The Morgan fingerprint density at radius 1 is 1.43 bits per heavy atom. The van der Waals surface area contributed by atoms with Gasteiger partial charge in [-0.25, -0.2) is 4.98 Å². The molecule has 2 unspecified atom stereocenters. The van der Waals surface area contributed by atoms with Crippen LogP contribution in [0.15, 0.2) is 12.3 Å². The SMILES string of the molecule is Cc1cc(NC(C)C(C)N2CCOCC2)ncc1[N+](=O)[O-]. The summed E-state index contributed by atoms with van der Waals surface area (Å²) >= 11 is 0. The van der Waals surface area contributed by atoms with E-state index in [4.69, 9.17) is 4.74 Å². The molecule has 1 saturated heterocycles. The average Bonchev–Trinajstić information content (AvgIpc) is 2.47. The van der Waals surface area contributed by atoms with Gasteiger partial charge in [-0.3, -0.25) is 15.0 Å². The fourth-order valence-corrected chi connectivity index (χ4v) is 2.47. The first-order valence-corrected chi connectivity index (χ1v) is 7.18. The molecule has 0 amide bonds. The number of nitrogens with zero attached hydrogens (tertiary/aromatic N) is 3. The lowest BCUT2D eigenvalue weighted by Gasteiger charge is -2.36. The Hall–Kier alpha value is -1.73. The molecule has 7 nitrogen and oxygen atoms in total. The van der Waals surface area contributed by atoms with Crippen LogP contribution in [0.5, 0.6) is 0 Å². The highest BCUT2D eigenvalue weighted by Gasteiger charge is 2.22. The highest BCUT2D eigenvalue weighted by molar-refractivity contribution is 5.47. The maximum atomic E-state index is 10.8. The molecule has 0 aromatic carbocycles. The summed E-state index contributed by atoms with van der Waals surface area (Å²) in [6.45, 7) is 9.39. The van der Waals surface area contributed by atoms with E-state index < -0.39 is 4.92 Å². The number of hydrogen-bond acceptors (Lipinski definition) is 6. The lowest BCUT2D eigenvalue weighted by molar-refractivity contribution is -0.385. The van der Waals surface area contributed by atoms with Crippen molar-refractivity contribution in [1.82, 2.24) is 9.88 Å². The van der Waals surface area contributed by atoms with Crippen LogP contribution in [-0.4, -0.2) is 53.2 Å². The predicted octanol–water partition coefficient (Wildman–Crippen LogP) is 1.82. The third kappa shape index (κ3) is 3.89. The van der Waals surface area contributed by atoms with Gasteiger partial charge < -0.3 is 10.1 Å². The van der Waals surface area contributed by atoms with Crippen molar-refractivity contribution in [3.05, 3.63) is 27.9 Å². The Morgan fingerprint density at radius 2 is 2.10 bits per heavy atom. The van der Waals surface area contributed by atoms with Crippen molar-refractivity contribution in [3.8, 4) is 0 Å². The number of aromatic nitrogens is 1. The summed E-state index contributed by atoms with van der Waals surface area (Å²) in [6.07, 6.45) is 1.31. The molecule has 2 rings (SSSR count). The number of anilines is 1. The lowest BCUT2D eigenvalue weighted by Crippen LogP contribution is -2.48. The average molecular weight is 294 g/mol. The van der Waals surface area contributed by atoms with Gasteiger partial charge in [0.2, 0.25) is 0 Å². The van der Waals surface area contributed by atoms with Crippen molar-refractivity contribution >= 4 is 11.5 Å². The Bertz CT molecular complexity index is 503. The second kappa shape index (κ2) is 6.82. The number of ether oxygens (including phenoxy) is 1. The minimum absolute atomic E-state index is 0.0504. The van der Waals surface area contributed by atoms with Crippen LogP contribution in [0, 0.1) is 17.0 Å². The number of rotatable bonds is 5. The van der Waals surface area contributed by atoms with Crippen LogP contribution in [0.2, 0.25) is 0 Å². The van der Waals surface area contributed by atoms with Crippen LogP contribution in [0.25, 0.3) is 0 Å². The molecule has 21 heavy (non-hydrogen) atoms. The van der Waals surface area contributed by atoms with Gasteiger partial charge in [0, 0.05) is 30.7 Å². The van der Waals surface area contributed by atoms with E-state index in [1.165, 1.54) is 6.20 Å². The number of morpholine rings is 1. The molecule has 1 aromatic heterocycles. The first-order valence-electron chi connectivity index (χ1n) is 7.18. The number of pyridine rings is 1. The maximum absolute atomic E-state index is 10.8. The zero-order chi connectivity index (χ0) is 15.4. The van der Waals surface area contributed by atoms with Crippen molar-refractivity contribution in [1.29, 1.82) is 0 Å². The van der Waals surface area contributed by atoms with Gasteiger partial charge in [-0.2, -0.15) is 0 Å². The lowest BCUT2D eigenvalue weighted by atomic mass is 10.1. The van der Waals surface area contributed by atoms with Gasteiger partial charge in [-0.15, -0.1) is 0 Å². The molecule has 0 aliphatic carbocycles. The van der Waals surface area contributed by atoms with E-state index in [9.17, 15) is 10.1 Å². The fourth-order valence-electron chi connectivity index (χ4n) is 2.47. The smallest absolute Gasteiger partial charge is 0.290 e. The van der Waals surface area contributed by atoms with Crippen LogP contribution >= 0.6 is 0 Å². The Kier molecular flexibility index (Phi) is 5.08. The highest BCUT2D eigenvalue weighted by atomic mass is 16.6. The number of nitro groups is 1. The number of aryl methyl sites for hydroxylation is 1. The minimum atomic E-state index is -0.411. The number of nitrogens with one attached hydrogen (secondary N) is 1. The van der Waals surface area contributed by atoms with Crippen LogP contribution in [-0.2, 0) is 4.74 Å². The molecule has 0 saturated carbocycles. The predicted molar refractivity (Wildman–Crippen MR) is 80.6 cm³/mol. The highest BCUT2D eigenvalue weighted by Crippen LogP contribution is 2.20. The maximum Gasteiger partial charge on any atom is 0.290 e. The molecule has 1 N–H and O–H groups in total. The molecule has 2 heterocycles. The van der Waals surface area contributed by atoms with Gasteiger partial charge in [0.1, 0.15) is 12.0 Å². The second-order valence-electron chi connectivity index (χ2n) is 5.44. The van der Waals surface area contributed by atoms with Gasteiger partial charge in [0.25, 0.3) is 5.69 Å². The quantitative estimate of drug-likeness (QED) is 0.659. The molecule has 1 fully saturated rings. The summed E-state index contributed by atoms with van der Waals surface area (Å²) in [5, 5.41) is 14.1. The summed E-state index contributed by atoms with van der Waals surface area (Å²) in [5.74, 6) is 0.672. The third-order valence-corrected chi connectivity index (χ3v) is 4.00. The first kappa shape index (κ1) is 15.7. The molecule has 7 heteroatoms. The molecule has 1 aliphatic rings. The molecule has 0 radical (unpaired) electrons. The zero-order valence-electron chi connectivity index (χ0n) is 12.7. The second-order valence-corrected chi connectivity index (χ2v) is 5.44. The minimum Gasteiger partial charge on any atom is -0.379 e. The van der Waals surface area contributed by atoms with E-state index in [0.29, 0.717) is 17.4 Å². The van der Waals surface area contributed by atoms with Crippen LogP contribution in [0.1, 0.15) is 19.4 Å². The summed E-state index contributed by atoms with van der Waals surface area (Å²) in [7, 11) is 0. The number of hydrogen-bond donors (Lipinski definition) is 1. The molecule has 2 atom stereocenters. The van der Waals surface area contributed by atoms with Crippen LogP contribution < -0.4 is 5.32 Å². The van der Waals surface area contributed by atoms with Gasteiger partial charge in [0.05, 0.1) is 18.1 Å². The molecule has 1 aliphatic heterocycles. The summed E-state index contributed by atoms with van der Waals surface area (Å²) < 4.78 is 5.36. The molecule has 1 aromatic rings.